The number of anilines is 1. The Balaban J connectivity index is 1.70. The van der Waals surface area contributed by atoms with E-state index in [1.807, 2.05) is 47.3 Å². The highest BCUT2D eigenvalue weighted by atomic mass is 32.1. The topological polar surface area (TPSA) is 72.9 Å². The maximum absolute atomic E-state index is 11.1. The standard InChI is InChI=1S/C15H14N4OS/c16-15(20)11-7-14(21-10-11)9-17-12-3-1-4-13(8-12)19-6-2-5-18-19/h1-8,10,17H,9H2,(H2,16,20). The summed E-state index contributed by atoms with van der Waals surface area (Å²) >= 11 is 1.52. The third kappa shape index (κ3) is 3.11. The van der Waals surface area contributed by atoms with Gasteiger partial charge >= 0.3 is 0 Å². The lowest BCUT2D eigenvalue weighted by molar-refractivity contribution is 0.100. The van der Waals surface area contributed by atoms with Crippen molar-refractivity contribution in [1.29, 1.82) is 0 Å². The minimum Gasteiger partial charge on any atom is -0.380 e. The first kappa shape index (κ1) is 13.4. The van der Waals surface area contributed by atoms with Crippen LogP contribution in [0.3, 0.4) is 0 Å². The number of thiophene rings is 1. The van der Waals surface area contributed by atoms with Gasteiger partial charge in [-0.1, -0.05) is 6.07 Å². The number of nitrogens with one attached hydrogen (secondary N) is 1. The van der Waals surface area contributed by atoms with Gasteiger partial charge in [0.2, 0.25) is 5.91 Å². The molecule has 0 aliphatic carbocycles. The first-order valence-electron chi connectivity index (χ1n) is 6.43. The van der Waals surface area contributed by atoms with Crippen molar-refractivity contribution in [3.8, 4) is 5.69 Å². The van der Waals surface area contributed by atoms with Gasteiger partial charge in [-0.3, -0.25) is 4.79 Å². The molecule has 0 bridgehead atoms. The van der Waals surface area contributed by atoms with E-state index >= 15 is 0 Å². The average molecular weight is 298 g/mol. The molecule has 0 saturated carbocycles. The Morgan fingerprint density at radius 2 is 2.24 bits per heavy atom. The van der Waals surface area contributed by atoms with E-state index in [4.69, 9.17) is 5.73 Å². The monoisotopic (exact) mass is 298 g/mol. The van der Waals surface area contributed by atoms with Crippen LogP contribution >= 0.6 is 11.3 Å². The highest BCUT2D eigenvalue weighted by molar-refractivity contribution is 7.10. The minimum absolute atomic E-state index is 0.391. The zero-order chi connectivity index (χ0) is 14.7. The van der Waals surface area contributed by atoms with Gasteiger partial charge in [-0.2, -0.15) is 5.10 Å². The number of primary amides is 1. The van der Waals surface area contributed by atoms with Gasteiger partial charge in [-0.05, 0) is 30.3 Å². The van der Waals surface area contributed by atoms with Gasteiger partial charge in [0.05, 0.1) is 11.3 Å². The molecule has 0 aliphatic rings. The maximum Gasteiger partial charge on any atom is 0.249 e. The zero-order valence-electron chi connectivity index (χ0n) is 11.2. The summed E-state index contributed by atoms with van der Waals surface area (Å²) in [4.78, 5) is 12.1. The van der Waals surface area contributed by atoms with Crippen molar-refractivity contribution in [3.05, 3.63) is 64.6 Å². The van der Waals surface area contributed by atoms with E-state index in [2.05, 4.69) is 10.4 Å². The van der Waals surface area contributed by atoms with E-state index in [-0.39, 0.29) is 0 Å². The molecule has 0 spiro atoms. The van der Waals surface area contributed by atoms with Crippen LogP contribution in [0, 0.1) is 0 Å². The number of hydrogen-bond donors (Lipinski definition) is 2. The molecule has 0 unspecified atom stereocenters. The predicted octanol–water partition coefficient (Wildman–Crippen LogP) is 2.64. The molecule has 0 fully saturated rings. The third-order valence-corrected chi connectivity index (χ3v) is 3.96. The highest BCUT2D eigenvalue weighted by Gasteiger charge is 2.05. The fourth-order valence-corrected chi connectivity index (χ4v) is 2.78. The number of benzene rings is 1. The summed E-state index contributed by atoms with van der Waals surface area (Å²) in [7, 11) is 0. The Labute approximate surface area is 126 Å². The number of hydrogen-bond acceptors (Lipinski definition) is 4. The van der Waals surface area contributed by atoms with Crippen LogP contribution in [0.5, 0.6) is 0 Å². The lowest BCUT2D eigenvalue weighted by atomic mass is 10.2. The molecule has 6 heteroatoms. The number of carbonyl (C=O) groups is 1. The van der Waals surface area contributed by atoms with Crippen LogP contribution in [-0.4, -0.2) is 15.7 Å². The Morgan fingerprint density at radius 1 is 1.33 bits per heavy atom. The van der Waals surface area contributed by atoms with Crippen LogP contribution in [0.25, 0.3) is 5.69 Å². The van der Waals surface area contributed by atoms with Crippen molar-refractivity contribution in [2.75, 3.05) is 5.32 Å². The summed E-state index contributed by atoms with van der Waals surface area (Å²) in [5.41, 5.74) is 7.80. The number of rotatable bonds is 5. The Hall–Kier alpha value is -2.60. The largest absolute Gasteiger partial charge is 0.380 e. The van der Waals surface area contributed by atoms with Gasteiger partial charge < -0.3 is 11.1 Å². The molecule has 3 aromatic rings. The van der Waals surface area contributed by atoms with E-state index in [0.717, 1.165) is 16.3 Å². The van der Waals surface area contributed by atoms with Gasteiger partial charge in [0.15, 0.2) is 0 Å². The van der Waals surface area contributed by atoms with Crippen LogP contribution < -0.4 is 11.1 Å². The quantitative estimate of drug-likeness (QED) is 0.760. The summed E-state index contributed by atoms with van der Waals surface area (Å²) in [6, 6.07) is 11.7. The third-order valence-electron chi connectivity index (χ3n) is 3.02. The summed E-state index contributed by atoms with van der Waals surface area (Å²) < 4.78 is 1.81. The molecule has 1 aromatic carbocycles. The lowest BCUT2D eigenvalue weighted by Gasteiger charge is -2.07. The molecule has 1 amide bonds. The normalized spacial score (nSPS) is 10.5. The van der Waals surface area contributed by atoms with Crippen LogP contribution in [0.15, 0.2) is 54.2 Å². The van der Waals surface area contributed by atoms with Crippen molar-refractivity contribution in [3.63, 3.8) is 0 Å². The van der Waals surface area contributed by atoms with E-state index in [1.54, 1.807) is 11.6 Å². The van der Waals surface area contributed by atoms with Crippen molar-refractivity contribution in [1.82, 2.24) is 9.78 Å². The second kappa shape index (κ2) is 5.80. The van der Waals surface area contributed by atoms with Gasteiger partial charge in [0.25, 0.3) is 0 Å². The van der Waals surface area contributed by atoms with Gasteiger partial charge in [-0.15, -0.1) is 11.3 Å². The first-order chi connectivity index (χ1) is 10.2. The number of carbonyl (C=O) groups excluding carboxylic acids is 1. The number of nitrogens with zero attached hydrogens (tertiary/aromatic N) is 2. The smallest absolute Gasteiger partial charge is 0.249 e. The molecular formula is C15H14N4OS. The molecule has 0 radical (unpaired) electrons. The second-order valence-corrected chi connectivity index (χ2v) is 5.52. The van der Waals surface area contributed by atoms with Crippen molar-refractivity contribution >= 4 is 22.9 Å². The molecule has 5 nitrogen and oxygen atoms in total. The number of amides is 1. The SMILES string of the molecule is NC(=O)c1csc(CNc2cccc(-n3cccn3)c2)c1. The Morgan fingerprint density at radius 3 is 2.95 bits per heavy atom. The molecule has 21 heavy (non-hydrogen) atoms. The number of nitrogens with two attached hydrogens (primary N) is 1. The molecule has 3 N–H and O–H groups in total. The van der Waals surface area contributed by atoms with E-state index in [1.165, 1.54) is 11.3 Å². The van der Waals surface area contributed by atoms with Gasteiger partial charge in [0.1, 0.15) is 0 Å². The molecule has 106 valence electrons. The van der Waals surface area contributed by atoms with Crippen LogP contribution in [0.2, 0.25) is 0 Å². The first-order valence-corrected chi connectivity index (χ1v) is 7.31. The zero-order valence-corrected chi connectivity index (χ0v) is 12.0. The highest BCUT2D eigenvalue weighted by Crippen LogP contribution is 2.18. The Kier molecular flexibility index (Phi) is 3.70. The second-order valence-electron chi connectivity index (χ2n) is 4.52. The predicted molar refractivity (Wildman–Crippen MR) is 83.7 cm³/mol. The number of aromatic nitrogens is 2. The van der Waals surface area contributed by atoms with Crippen LogP contribution in [0.4, 0.5) is 5.69 Å². The summed E-state index contributed by atoms with van der Waals surface area (Å²) in [6.45, 7) is 0.653. The summed E-state index contributed by atoms with van der Waals surface area (Å²) in [6.07, 6.45) is 3.65. The Bertz CT molecular complexity index is 749. The van der Waals surface area contributed by atoms with E-state index in [9.17, 15) is 4.79 Å². The molecule has 2 heterocycles. The van der Waals surface area contributed by atoms with E-state index < -0.39 is 5.91 Å². The fraction of sp³-hybridized carbons (Fsp3) is 0.0667. The molecular weight excluding hydrogens is 284 g/mol. The summed E-state index contributed by atoms with van der Waals surface area (Å²) in [5.74, 6) is -0.391. The van der Waals surface area contributed by atoms with Crippen LogP contribution in [-0.2, 0) is 6.54 Å². The van der Waals surface area contributed by atoms with Crippen LogP contribution in [0.1, 0.15) is 15.2 Å². The molecule has 0 atom stereocenters. The fourth-order valence-electron chi connectivity index (χ4n) is 1.97. The average Bonchev–Trinajstić information content (AvgIpc) is 3.17. The molecule has 3 rings (SSSR count). The van der Waals surface area contributed by atoms with Crippen molar-refractivity contribution in [2.24, 2.45) is 5.73 Å². The molecule has 2 aromatic heterocycles. The molecule has 0 saturated heterocycles. The van der Waals surface area contributed by atoms with Crippen molar-refractivity contribution < 1.29 is 4.79 Å². The lowest BCUT2D eigenvalue weighted by Crippen LogP contribution is -2.09. The molecule has 0 aliphatic heterocycles. The van der Waals surface area contributed by atoms with Gasteiger partial charge in [-0.25, -0.2) is 4.68 Å². The van der Waals surface area contributed by atoms with E-state index in [0.29, 0.717) is 12.1 Å². The minimum atomic E-state index is -0.391. The maximum atomic E-state index is 11.1. The summed E-state index contributed by atoms with van der Waals surface area (Å²) in [5, 5.41) is 9.32. The van der Waals surface area contributed by atoms with Crippen molar-refractivity contribution in [2.45, 2.75) is 6.54 Å². The van der Waals surface area contributed by atoms with Gasteiger partial charge in [0, 0.05) is 34.9 Å².